The highest BCUT2D eigenvalue weighted by molar-refractivity contribution is 7.08. The zero-order chi connectivity index (χ0) is 13.5. The fourth-order valence-electron chi connectivity index (χ4n) is 1.86. The number of hydrogen-bond acceptors (Lipinski definition) is 3. The minimum absolute atomic E-state index is 0.113. The Morgan fingerprint density at radius 2 is 2.32 bits per heavy atom. The number of nitrogens with zero attached hydrogens (tertiary/aromatic N) is 1. The largest absolute Gasteiger partial charge is 0.352 e. The second-order valence-electron chi connectivity index (χ2n) is 4.40. The maximum atomic E-state index is 11.6. The van der Waals surface area contributed by atoms with E-state index in [9.17, 15) is 4.79 Å². The summed E-state index contributed by atoms with van der Waals surface area (Å²) in [4.78, 5) is 16.1. The van der Waals surface area contributed by atoms with Crippen molar-refractivity contribution in [1.82, 2.24) is 10.3 Å². The predicted molar refractivity (Wildman–Crippen MR) is 78.9 cm³/mol. The van der Waals surface area contributed by atoms with Gasteiger partial charge in [0.25, 0.3) is 0 Å². The molecule has 0 fully saturated rings. The van der Waals surface area contributed by atoms with Crippen molar-refractivity contribution in [3.63, 3.8) is 0 Å². The molecule has 2 rings (SSSR count). The number of unbranched alkanes of at least 4 members (excludes halogenated alkanes) is 1. The van der Waals surface area contributed by atoms with Gasteiger partial charge in [-0.1, -0.05) is 19.4 Å². The Morgan fingerprint density at radius 3 is 3.05 bits per heavy atom. The van der Waals surface area contributed by atoms with Gasteiger partial charge in [0.1, 0.15) is 0 Å². The van der Waals surface area contributed by atoms with Crippen molar-refractivity contribution in [1.29, 1.82) is 0 Å². The Bertz CT molecular complexity index is 523. The lowest BCUT2D eigenvalue weighted by molar-refractivity contribution is -0.121. The number of aromatic nitrogens is 1. The van der Waals surface area contributed by atoms with Crippen LogP contribution >= 0.6 is 11.3 Å². The van der Waals surface area contributed by atoms with Gasteiger partial charge in [-0.25, -0.2) is 0 Å². The van der Waals surface area contributed by atoms with E-state index in [-0.39, 0.29) is 5.91 Å². The fourth-order valence-corrected chi connectivity index (χ4v) is 2.50. The van der Waals surface area contributed by atoms with E-state index in [2.05, 4.69) is 28.7 Å². The SMILES string of the molecule is CCCCC(=O)NCc1cccnc1-c1ccsc1. The molecule has 0 saturated carbocycles. The number of carbonyl (C=O) groups excluding carboxylic acids is 1. The molecule has 3 nitrogen and oxygen atoms in total. The topological polar surface area (TPSA) is 42.0 Å². The molecule has 0 aliphatic heterocycles. The van der Waals surface area contributed by atoms with Crippen molar-refractivity contribution in [3.8, 4) is 11.3 Å². The normalized spacial score (nSPS) is 10.4. The molecule has 4 heteroatoms. The third kappa shape index (κ3) is 3.89. The molecule has 2 aromatic heterocycles. The van der Waals surface area contributed by atoms with Gasteiger partial charge in [-0.3, -0.25) is 9.78 Å². The van der Waals surface area contributed by atoms with Crippen LogP contribution in [0.15, 0.2) is 35.2 Å². The average molecular weight is 274 g/mol. The molecule has 2 aromatic rings. The number of carbonyl (C=O) groups is 1. The van der Waals surface area contributed by atoms with Gasteiger partial charge in [-0.05, 0) is 29.5 Å². The van der Waals surface area contributed by atoms with Crippen LogP contribution < -0.4 is 5.32 Å². The van der Waals surface area contributed by atoms with Gasteiger partial charge in [0.15, 0.2) is 0 Å². The van der Waals surface area contributed by atoms with Crippen molar-refractivity contribution in [2.45, 2.75) is 32.7 Å². The molecule has 100 valence electrons. The van der Waals surface area contributed by atoms with Gasteiger partial charge in [0.05, 0.1) is 5.69 Å². The zero-order valence-electron chi connectivity index (χ0n) is 11.1. The summed E-state index contributed by atoms with van der Waals surface area (Å²) in [6.45, 7) is 2.63. The Kier molecular flexibility index (Phi) is 5.10. The minimum atomic E-state index is 0.113. The second kappa shape index (κ2) is 7.04. The molecule has 0 bridgehead atoms. The Labute approximate surface area is 117 Å². The number of thiophene rings is 1. The van der Waals surface area contributed by atoms with Crippen LogP contribution in [0.25, 0.3) is 11.3 Å². The van der Waals surface area contributed by atoms with Crippen molar-refractivity contribution in [3.05, 3.63) is 40.7 Å². The highest BCUT2D eigenvalue weighted by atomic mass is 32.1. The van der Waals surface area contributed by atoms with E-state index >= 15 is 0 Å². The van der Waals surface area contributed by atoms with E-state index in [0.717, 1.165) is 29.7 Å². The lowest BCUT2D eigenvalue weighted by Gasteiger charge is -2.08. The molecule has 0 aliphatic rings. The van der Waals surface area contributed by atoms with Crippen molar-refractivity contribution in [2.24, 2.45) is 0 Å². The Hall–Kier alpha value is -1.68. The van der Waals surface area contributed by atoms with Crippen LogP contribution in [-0.4, -0.2) is 10.9 Å². The summed E-state index contributed by atoms with van der Waals surface area (Å²) in [5, 5.41) is 7.07. The summed E-state index contributed by atoms with van der Waals surface area (Å²) in [5.74, 6) is 0.113. The quantitative estimate of drug-likeness (QED) is 0.874. The van der Waals surface area contributed by atoms with Gasteiger partial charge < -0.3 is 5.32 Å². The van der Waals surface area contributed by atoms with Gasteiger partial charge >= 0.3 is 0 Å². The Balaban J connectivity index is 2.03. The van der Waals surface area contributed by atoms with Crippen LogP contribution in [0.2, 0.25) is 0 Å². The van der Waals surface area contributed by atoms with E-state index < -0.39 is 0 Å². The minimum Gasteiger partial charge on any atom is -0.352 e. The first kappa shape index (κ1) is 13.7. The predicted octanol–water partition coefficient (Wildman–Crippen LogP) is 3.62. The van der Waals surface area contributed by atoms with Crippen molar-refractivity contribution in [2.75, 3.05) is 0 Å². The van der Waals surface area contributed by atoms with Crippen LogP contribution in [-0.2, 0) is 11.3 Å². The van der Waals surface area contributed by atoms with E-state index in [0.29, 0.717) is 13.0 Å². The number of rotatable bonds is 6. The van der Waals surface area contributed by atoms with Gasteiger partial charge in [-0.15, -0.1) is 0 Å². The molecule has 1 N–H and O–H groups in total. The summed E-state index contributed by atoms with van der Waals surface area (Å²) in [6.07, 6.45) is 4.37. The van der Waals surface area contributed by atoms with Crippen LogP contribution in [0.4, 0.5) is 0 Å². The van der Waals surface area contributed by atoms with E-state index in [4.69, 9.17) is 0 Å². The molecule has 2 heterocycles. The molecule has 0 saturated heterocycles. The maximum Gasteiger partial charge on any atom is 0.220 e. The molecule has 0 radical (unpaired) electrons. The first-order chi connectivity index (χ1) is 9.31. The molecular weight excluding hydrogens is 256 g/mol. The fraction of sp³-hybridized carbons (Fsp3) is 0.333. The number of amides is 1. The molecule has 0 unspecified atom stereocenters. The van der Waals surface area contributed by atoms with E-state index in [1.807, 2.05) is 17.5 Å². The lowest BCUT2D eigenvalue weighted by atomic mass is 10.1. The maximum absolute atomic E-state index is 11.6. The smallest absolute Gasteiger partial charge is 0.220 e. The standard InChI is InChI=1S/C15H18N2OS/c1-2-3-6-14(18)17-10-12-5-4-8-16-15(12)13-7-9-19-11-13/h4-5,7-9,11H,2-3,6,10H2,1H3,(H,17,18). The van der Waals surface area contributed by atoms with Gasteiger partial charge in [0, 0.05) is 30.1 Å². The second-order valence-corrected chi connectivity index (χ2v) is 5.18. The first-order valence-corrected chi connectivity index (χ1v) is 7.48. The van der Waals surface area contributed by atoms with Gasteiger partial charge in [0.2, 0.25) is 5.91 Å². The Morgan fingerprint density at radius 1 is 1.42 bits per heavy atom. The molecule has 0 atom stereocenters. The van der Waals surface area contributed by atoms with Crippen LogP contribution in [0.3, 0.4) is 0 Å². The summed E-state index contributed by atoms with van der Waals surface area (Å²) in [7, 11) is 0. The summed E-state index contributed by atoms with van der Waals surface area (Å²) in [5.41, 5.74) is 3.13. The molecule has 0 aliphatic carbocycles. The third-order valence-electron chi connectivity index (χ3n) is 2.92. The number of hydrogen-bond donors (Lipinski definition) is 1. The van der Waals surface area contributed by atoms with Gasteiger partial charge in [-0.2, -0.15) is 11.3 Å². The lowest BCUT2D eigenvalue weighted by Crippen LogP contribution is -2.22. The van der Waals surface area contributed by atoms with Crippen molar-refractivity contribution >= 4 is 17.2 Å². The highest BCUT2D eigenvalue weighted by Gasteiger charge is 2.07. The summed E-state index contributed by atoms with van der Waals surface area (Å²) in [6, 6.07) is 5.97. The van der Waals surface area contributed by atoms with E-state index in [1.54, 1.807) is 17.5 Å². The summed E-state index contributed by atoms with van der Waals surface area (Å²) < 4.78 is 0. The zero-order valence-corrected chi connectivity index (χ0v) is 11.9. The highest BCUT2D eigenvalue weighted by Crippen LogP contribution is 2.23. The molecule has 0 spiro atoms. The van der Waals surface area contributed by atoms with E-state index in [1.165, 1.54) is 0 Å². The molecule has 0 aromatic carbocycles. The molecule has 1 amide bonds. The van der Waals surface area contributed by atoms with Crippen LogP contribution in [0, 0.1) is 0 Å². The first-order valence-electron chi connectivity index (χ1n) is 6.54. The molecule has 19 heavy (non-hydrogen) atoms. The third-order valence-corrected chi connectivity index (χ3v) is 3.60. The average Bonchev–Trinajstić information content (AvgIpc) is 2.97. The molecular formula is C15H18N2OS. The summed E-state index contributed by atoms with van der Waals surface area (Å²) >= 11 is 1.65. The van der Waals surface area contributed by atoms with Crippen LogP contribution in [0.1, 0.15) is 31.7 Å². The number of pyridine rings is 1. The number of nitrogens with one attached hydrogen (secondary N) is 1. The van der Waals surface area contributed by atoms with Crippen molar-refractivity contribution < 1.29 is 4.79 Å². The monoisotopic (exact) mass is 274 g/mol. The van der Waals surface area contributed by atoms with Crippen LogP contribution in [0.5, 0.6) is 0 Å².